The highest BCUT2D eigenvalue weighted by Crippen LogP contribution is 2.44. The van der Waals surface area contributed by atoms with Crippen molar-refractivity contribution in [1.82, 2.24) is 16.0 Å². The van der Waals surface area contributed by atoms with Crippen LogP contribution in [0.2, 0.25) is 0 Å². The number of hydrogen-bond acceptors (Lipinski definition) is 8. The Balaban J connectivity index is 1.12. The number of ether oxygens (including phenoxy) is 3. The monoisotopic (exact) mass is 811 g/mol. The second-order valence-corrected chi connectivity index (χ2v) is 15.1. The van der Waals surface area contributed by atoms with Crippen LogP contribution in [0.4, 0.5) is 4.79 Å². The molecule has 12 nitrogen and oxygen atoms in total. The standard InChI is InChI=1S/C48H49N3O9/c1-31(2)25-41(49-46(55)42(27-44(52)53)51-48(57)60-30-40-38-19-11-9-17-36(38)37-18-10-12-20-39(37)40)45(54)50-43(47(56)59-29-34-15-7-4-8-16-34)26-32-21-23-35(24-22-32)58-28-33-13-5-3-6-14-33/h3-24,31,40-43H,25-30H2,1-2H3,(H,49,55)(H,50,54)(H,51,57)(H,52,53)/t41-,42-,43-/m0/s1. The Hall–Kier alpha value is -6.95. The summed E-state index contributed by atoms with van der Waals surface area (Å²) in [6, 6.07) is 37.7. The van der Waals surface area contributed by atoms with E-state index in [4.69, 9.17) is 14.2 Å². The van der Waals surface area contributed by atoms with Gasteiger partial charge in [0.1, 0.15) is 43.7 Å². The number of nitrogens with one attached hydrogen (secondary N) is 3. The van der Waals surface area contributed by atoms with Crippen molar-refractivity contribution in [2.24, 2.45) is 5.92 Å². The van der Waals surface area contributed by atoms with Crippen molar-refractivity contribution in [1.29, 1.82) is 0 Å². The quantitative estimate of drug-likeness (QED) is 0.0645. The van der Waals surface area contributed by atoms with E-state index in [0.29, 0.717) is 17.9 Å². The van der Waals surface area contributed by atoms with Crippen LogP contribution in [0, 0.1) is 5.92 Å². The third kappa shape index (κ3) is 11.8. The first-order valence-electron chi connectivity index (χ1n) is 19.9. The summed E-state index contributed by atoms with van der Waals surface area (Å²) in [7, 11) is 0. The number of amides is 3. The molecule has 1 aliphatic carbocycles. The highest BCUT2D eigenvalue weighted by atomic mass is 16.5. The average molecular weight is 812 g/mol. The van der Waals surface area contributed by atoms with Crippen LogP contribution in [0.3, 0.4) is 0 Å². The lowest BCUT2D eigenvalue weighted by molar-refractivity contribution is -0.149. The van der Waals surface area contributed by atoms with Gasteiger partial charge in [-0.3, -0.25) is 14.4 Å². The molecule has 0 aromatic heterocycles. The summed E-state index contributed by atoms with van der Waals surface area (Å²) in [5.74, 6) is -3.37. The first kappa shape index (κ1) is 42.7. The van der Waals surface area contributed by atoms with Crippen molar-refractivity contribution in [3.05, 3.63) is 161 Å². The molecule has 0 unspecified atom stereocenters. The summed E-state index contributed by atoms with van der Waals surface area (Å²) < 4.78 is 17.2. The van der Waals surface area contributed by atoms with Gasteiger partial charge in [-0.1, -0.05) is 135 Å². The molecule has 0 aliphatic heterocycles. The Labute approximate surface area is 349 Å². The lowest BCUT2D eigenvalue weighted by atomic mass is 9.98. The molecular weight excluding hydrogens is 763 g/mol. The number of alkyl carbamates (subject to hydrolysis) is 1. The average Bonchev–Trinajstić information content (AvgIpc) is 3.57. The smallest absolute Gasteiger partial charge is 0.407 e. The molecular formula is C48H49N3O9. The minimum atomic E-state index is -1.57. The van der Waals surface area contributed by atoms with Gasteiger partial charge in [0.2, 0.25) is 11.8 Å². The van der Waals surface area contributed by atoms with Crippen molar-refractivity contribution in [3.8, 4) is 16.9 Å². The zero-order chi connectivity index (χ0) is 42.4. The molecule has 3 amide bonds. The van der Waals surface area contributed by atoms with Gasteiger partial charge in [0, 0.05) is 12.3 Å². The zero-order valence-electron chi connectivity index (χ0n) is 33.5. The van der Waals surface area contributed by atoms with Gasteiger partial charge < -0.3 is 35.3 Å². The molecule has 310 valence electrons. The minimum absolute atomic E-state index is 0.0249. The van der Waals surface area contributed by atoms with Crippen LogP contribution in [-0.4, -0.2) is 59.7 Å². The highest BCUT2D eigenvalue weighted by Gasteiger charge is 2.33. The summed E-state index contributed by atoms with van der Waals surface area (Å²) in [6.45, 7) is 4.00. The van der Waals surface area contributed by atoms with Crippen molar-refractivity contribution in [2.45, 2.75) is 70.4 Å². The topological polar surface area (TPSA) is 169 Å². The Morgan fingerprint density at radius 1 is 0.583 bits per heavy atom. The lowest BCUT2D eigenvalue weighted by Crippen LogP contribution is -2.56. The third-order valence-electron chi connectivity index (χ3n) is 10.1. The maximum Gasteiger partial charge on any atom is 0.407 e. The van der Waals surface area contributed by atoms with Gasteiger partial charge in [0.25, 0.3) is 0 Å². The molecule has 12 heteroatoms. The molecule has 4 N–H and O–H groups in total. The Kier molecular flexibility index (Phi) is 14.7. The molecule has 0 saturated heterocycles. The molecule has 60 heavy (non-hydrogen) atoms. The van der Waals surface area contributed by atoms with Crippen molar-refractivity contribution in [2.75, 3.05) is 6.61 Å². The van der Waals surface area contributed by atoms with E-state index in [1.807, 2.05) is 123 Å². The fourth-order valence-electron chi connectivity index (χ4n) is 7.13. The molecule has 0 spiro atoms. The third-order valence-corrected chi connectivity index (χ3v) is 10.1. The predicted octanol–water partition coefficient (Wildman–Crippen LogP) is 6.95. The van der Waals surface area contributed by atoms with Gasteiger partial charge in [-0.25, -0.2) is 9.59 Å². The molecule has 0 fully saturated rings. The largest absolute Gasteiger partial charge is 0.489 e. The second-order valence-electron chi connectivity index (χ2n) is 15.1. The Morgan fingerprint density at radius 3 is 1.70 bits per heavy atom. The number of carboxylic acids is 1. The molecule has 0 radical (unpaired) electrons. The fourth-order valence-corrected chi connectivity index (χ4v) is 7.13. The van der Waals surface area contributed by atoms with E-state index in [0.717, 1.165) is 33.4 Å². The summed E-state index contributed by atoms with van der Waals surface area (Å²) >= 11 is 0. The maximum atomic E-state index is 14.0. The van der Waals surface area contributed by atoms with Crippen molar-refractivity contribution >= 4 is 29.8 Å². The number of carbonyl (C=O) groups excluding carboxylic acids is 4. The van der Waals surface area contributed by atoms with Crippen LogP contribution in [0.15, 0.2) is 133 Å². The van der Waals surface area contributed by atoms with Gasteiger partial charge in [-0.05, 0) is 63.4 Å². The highest BCUT2D eigenvalue weighted by molar-refractivity contribution is 5.94. The van der Waals surface area contributed by atoms with Gasteiger partial charge in [-0.15, -0.1) is 0 Å². The first-order chi connectivity index (χ1) is 29.0. The molecule has 5 aromatic carbocycles. The number of carbonyl (C=O) groups is 5. The number of hydrogen-bond donors (Lipinski definition) is 4. The number of fused-ring (bicyclic) bond motifs is 3. The van der Waals surface area contributed by atoms with Crippen LogP contribution in [-0.2, 0) is 48.3 Å². The number of rotatable bonds is 19. The van der Waals surface area contributed by atoms with Gasteiger partial charge in [0.15, 0.2) is 0 Å². The minimum Gasteiger partial charge on any atom is -0.489 e. The van der Waals surface area contributed by atoms with E-state index >= 15 is 0 Å². The molecule has 1 aliphatic rings. The number of aliphatic carboxylic acids is 1. The van der Waals surface area contributed by atoms with Gasteiger partial charge >= 0.3 is 18.0 Å². The van der Waals surface area contributed by atoms with Crippen LogP contribution in [0.25, 0.3) is 11.1 Å². The van der Waals surface area contributed by atoms with Crippen molar-refractivity contribution in [3.63, 3.8) is 0 Å². The molecule has 6 rings (SSSR count). The molecule has 0 heterocycles. The van der Waals surface area contributed by atoms with E-state index in [-0.39, 0.29) is 37.9 Å². The number of benzene rings is 5. The van der Waals surface area contributed by atoms with E-state index in [2.05, 4.69) is 16.0 Å². The van der Waals surface area contributed by atoms with Crippen molar-refractivity contribution < 1.29 is 43.3 Å². The molecule has 0 saturated carbocycles. The van der Waals surface area contributed by atoms with Crippen LogP contribution < -0.4 is 20.7 Å². The molecule has 3 atom stereocenters. The van der Waals surface area contributed by atoms with Gasteiger partial charge in [-0.2, -0.15) is 0 Å². The fraction of sp³-hybridized carbons (Fsp3) is 0.271. The summed E-state index contributed by atoms with van der Waals surface area (Å²) in [6.07, 6.45) is -1.56. The number of esters is 1. The Bertz CT molecular complexity index is 2200. The molecule has 5 aromatic rings. The Morgan fingerprint density at radius 2 is 1.12 bits per heavy atom. The SMILES string of the molecule is CC(C)C[C@H](NC(=O)[C@H](CC(=O)O)NC(=O)OCC1c2ccccc2-c2ccccc21)C(=O)N[C@@H](Cc1ccc(OCc2ccccc2)cc1)C(=O)OCc1ccccc1. The normalized spacial score (nSPS) is 13.2. The van der Waals surface area contributed by atoms with Crippen LogP contribution >= 0.6 is 0 Å². The van der Waals surface area contributed by atoms with Crippen LogP contribution in [0.5, 0.6) is 5.75 Å². The van der Waals surface area contributed by atoms with E-state index in [9.17, 15) is 29.1 Å². The van der Waals surface area contributed by atoms with E-state index in [1.54, 1.807) is 24.3 Å². The summed E-state index contributed by atoms with van der Waals surface area (Å²) in [5.41, 5.74) is 6.52. The summed E-state index contributed by atoms with van der Waals surface area (Å²) in [4.78, 5) is 66.4. The zero-order valence-corrected chi connectivity index (χ0v) is 33.5. The van der Waals surface area contributed by atoms with Crippen LogP contribution in [0.1, 0.15) is 60.4 Å². The predicted molar refractivity (Wildman–Crippen MR) is 225 cm³/mol. The molecule has 0 bridgehead atoms. The van der Waals surface area contributed by atoms with E-state index < -0.39 is 54.4 Å². The number of carboxylic acid groups (broad SMARTS) is 1. The van der Waals surface area contributed by atoms with E-state index in [1.165, 1.54) is 0 Å². The first-order valence-corrected chi connectivity index (χ1v) is 19.9. The maximum absolute atomic E-state index is 14.0. The lowest BCUT2D eigenvalue weighted by Gasteiger charge is -2.26. The van der Waals surface area contributed by atoms with Gasteiger partial charge in [0.05, 0.1) is 6.42 Å². The second kappa shape index (κ2) is 20.6. The summed E-state index contributed by atoms with van der Waals surface area (Å²) in [5, 5.41) is 17.5.